The van der Waals surface area contributed by atoms with Crippen molar-refractivity contribution in [2.75, 3.05) is 46.5 Å². The molecule has 0 aliphatic carbocycles. The van der Waals surface area contributed by atoms with Crippen LogP contribution in [-0.4, -0.2) is 72.5 Å². The van der Waals surface area contributed by atoms with Gasteiger partial charge in [-0.1, -0.05) is 23.9 Å². The van der Waals surface area contributed by atoms with Crippen LogP contribution in [0.2, 0.25) is 0 Å². The highest BCUT2D eigenvalue weighted by Gasteiger charge is 2.21. The Kier molecular flexibility index (Phi) is 8.51. The molecule has 1 saturated heterocycles. The van der Waals surface area contributed by atoms with Crippen molar-refractivity contribution >= 4 is 17.7 Å². The minimum atomic E-state index is -0.308. The van der Waals surface area contributed by atoms with Gasteiger partial charge in [0.25, 0.3) is 0 Å². The molecule has 2 heterocycles. The fraction of sp³-hybridized carbons (Fsp3) is 0.375. The highest BCUT2D eigenvalue weighted by atomic mass is 32.2. The van der Waals surface area contributed by atoms with Crippen LogP contribution in [0.15, 0.2) is 53.7 Å². The lowest BCUT2D eigenvalue weighted by atomic mass is 10.1. The monoisotopic (exact) mass is 485 g/mol. The molecule has 1 aliphatic rings. The minimum Gasteiger partial charge on any atom is -0.497 e. The lowest BCUT2D eigenvalue weighted by Crippen LogP contribution is -2.41. The van der Waals surface area contributed by atoms with Crippen molar-refractivity contribution in [3.8, 4) is 17.1 Å². The number of hydrogen-bond donors (Lipinski definition) is 2. The Balaban J connectivity index is 1.41. The fourth-order valence-corrected chi connectivity index (χ4v) is 4.65. The normalized spacial score (nSPS) is 15.1. The maximum absolute atomic E-state index is 13.2. The number of aromatic nitrogens is 3. The van der Waals surface area contributed by atoms with Gasteiger partial charge in [0.05, 0.1) is 20.3 Å². The van der Waals surface area contributed by atoms with E-state index in [9.17, 15) is 9.18 Å². The van der Waals surface area contributed by atoms with Crippen LogP contribution in [0, 0.1) is 5.82 Å². The largest absolute Gasteiger partial charge is 0.497 e. The molecule has 180 valence electrons. The van der Waals surface area contributed by atoms with Crippen LogP contribution in [0.3, 0.4) is 0 Å². The van der Waals surface area contributed by atoms with Crippen molar-refractivity contribution in [3.05, 3.63) is 59.9 Å². The van der Waals surface area contributed by atoms with E-state index < -0.39 is 0 Å². The van der Waals surface area contributed by atoms with Gasteiger partial charge in [-0.3, -0.25) is 14.8 Å². The van der Waals surface area contributed by atoms with Gasteiger partial charge in [-0.15, -0.1) is 5.10 Å². The molecule has 1 fully saturated rings. The highest BCUT2D eigenvalue weighted by Crippen LogP contribution is 2.37. The summed E-state index contributed by atoms with van der Waals surface area (Å²) in [6, 6.07) is 13.7. The Morgan fingerprint density at radius 3 is 2.65 bits per heavy atom. The van der Waals surface area contributed by atoms with Crippen LogP contribution in [0.25, 0.3) is 11.4 Å². The molecule has 1 amide bonds. The first-order chi connectivity index (χ1) is 16.6. The van der Waals surface area contributed by atoms with Crippen LogP contribution in [-0.2, 0) is 9.53 Å². The average Bonchev–Trinajstić information content (AvgIpc) is 3.33. The van der Waals surface area contributed by atoms with Crippen LogP contribution >= 0.6 is 11.8 Å². The van der Waals surface area contributed by atoms with E-state index in [-0.39, 0.29) is 23.4 Å². The van der Waals surface area contributed by atoms with Crippen molar-refractivity contribution in [1.29, 1.82) is 0 Å². The maximum atomic E-state index is 13.2. The molecule has 1 unspecified atom stereocenters. The molecular weight excluding hydrogens is 457 g/mol. The smallest absolute Gasteiger partial charge is 0.221 e. The van der Waals surface area contributed by atoms with Crippen LogP contribution in [0.5, 0.6) is 5.75 Å². The number of amides is 1. The predicted molar refractivity (Wildman–Crippen MR) is 128 cm³/mol. The summed E-state index contributed by atoms with van der Waals surface area (Å²) in [4.78, 5) is 19.6. The first-order valence-corrected chi connectivity index (χ1v) is 12.0. The molecule has 10 heteroatoms. The summed E-state index contributed by atoms with van der Waals surface area (Å²) in [6.07, 6.45) is 0.278. The van der Waals surface area contributed by atoms with Crippen molar-refractivity contribution in [1.82, 2.24) is 25.4 Å². The van der Waals surface area contributed by atoms with Crippen molar-refractivity contribution in [2.45, 2.75) is 16.8 Å². The molecule has 3 aromatic rings. The van der Waals surface area contributed by atoms with Crippen molar-refractivity contribution in [3.63, 3.8) is 0 Å². The third-order valence-electron chi connectivity index (χ3n) is 5.54. The number of rotatable bonds is 10. The summed E-state index contributed by atoms with van der Waals surface area (Å²) >= 11 is 1.41. The fourth-order valence-electron chi connectivity index (χ4n) is 3.63. The zero-order valence-corrected chi connectivity index (χ0v) is 19.8. The summed E-state index contributed by atoms with van der Waals surface area (Å²) < 4.78 is 23.9. The lowest BCUT2D eigenvalue weighted by Gasteiger charge is -2.26. The van der Waals surface area contributed by atoms with Crippen LogP contribution in [0.4, 0.5) is 4.39 Å². The number of morpholine rings is 1. The Labute approximate surface area is 202 Å². The molecule has 34 heavy (non-hydrogen) atoms. The molecule has 1 atom stereocenters. The molecule has 0 bridgehead atoms. The Morgan fingerprint density at radius 1 is 1.21 bits per heavy atom. The van der Waals surface area contributed by atoms with Gasteiger partial charge < -0.3 is 14.8 Å². The topological polar surface area (TPSA) is 92.4 Å². The van der Waals surface area contributed by atoms with Crippen molar-refractivity contribution in [2.24, 2.45) is 0 Å². The number of hydrogen-bond acceptors (Lipinski definition) is 7. The maximum Gasteiger partial charge on any atom is 0.221 e. The van der Waals surface area contributed by atoms with E-state index >= 15 is 0 Å². The van der Waals surface area contributed by atoms with Crippen molar-refractivity contribution < 1.29 is 18.7 Å². The quantitative estimate of drug-likeness (QED) is 0.426. The van der Waals surface area contributed by atoms with Gasteiger partial charge >= 0.3 is 0 Å². The third-order valence-corrected chi connectivity index (χ3v) is 6.66. The summed E-state index contributed by atoms with van der Waals surface area (Å²) in [7, 11) is 1.62. The number of carbonyl (C=O) groups excluding carboxylic acids is 1. The molecule has 0 saturated carbocycles. The Morgan fingerprint density at radius 2 is 1.94 bits per heavy atom. The molecular formula is C24H28FN5O3S. The van der Waals surface area contributed by atoms with E-state index in [1.807, 2.05) is 24.3 Å². The molecule has 4 rings (SSSR count). The second-order valence-corrected chi connectivity index (χ2v) is 9.03. The number of nitrogens with one attached hydrogen (secondary N) is 2. The number of nitrogens with zero attached hydrogens (tertiary/aromatic N) is 3. The van der Waals surface area contributed by atoms with Crippen LogP contribution in [0.1, 0.15) is 17.2 Å². The van der Waals surface area contributed by atoms with E-state index in [4.69, 9.17) is 9.47 Å². The molecule has 1 aromatic heterocycles. The second-order valence-electron chi connectivity index (χ2n) is 7.86. The summed E-state index contributed by atoms with van der Waals surface area (Å²) in [5, 5.41) is 10.6. The molecule has 8 nitrogen and oxygen atoms in total. The zero-order chi connectivity index (χ0) is 23.8. The number of H-pyrrole nitrogens is 1. The third kappa shape index (κ3) is 6.78. The summed E-state index contributed by atoms with van der Waals surface area (Å²) in [6.45, 7) is 4.65. The van der Waals surface area contributed by atoms with E-state index in [0.717, 1.165) is 49.7 Å². The number of halogens is 1. The summed E-state index contributed by atoms with van der Waals surface area (Å²) in [5.74, 6) is 0.956. The van der Waals surface area contributed by atoms with Gasteiger partial charge in [0, 0.05) is 43.4 Å². The SMILES string of the molecule is COc1ccc(C(CC(=O)NCCN2CCOCC2)Sc2n[nH]c(-c3ccc(F)cc3)n2)cc1. The van der Waals surface area contributed by atoms with Gasteiger partial charge in [-0.05, 0) is 42.0 Å². The van der Waals surface area contributed by atoms with Gasteiger partial charge in [0.1, 0.15) is 11.6 Å². The number of carbonyl (C=O) groups is 1. The first kappa shape index (κ1) is 24.2. The van der Waals surface area contributed by atoms with E-state index in [1.165, 1.54) is 23.9 Å². The van der Waals surface area contributed by atoms with Crippen LogP contribution < -0.4 is 10.1 Å². The van der Waals surface area contributed by atoms with E-state index in [0.29, 0.717) is 17.5 Å². The number of ether oxygens (including phenoxy) is 2. The number of aromatic amines is 1. The highest BCUT2D eigenvalue weighted by molar-refractivity contribution is 7.99. The standard InChI is InChI=1S/C24H28FN5O3S/c1-32-20-8-4-17(5-9-20)21(16-22(31)26-10-11-30-12-14-33-15-13-30)34-24-27-23(28-29-24)18-2-6-19(25)7-3-18/h2-9,21H,10-16H2,1H3,(H,26,31)(H,27,28,29). The molecule has 2 aromatic carbocycles. The molecule has 0 spiro atoms. The first-order valence-electron chi connectivity index (χ1n) is 11.2. The zero-order valence-electron chi connectivity index (χ0n) is 19.0. The van der Waals surface area contributed by atoms with E-state index in [2.05, 4.69) is 25.4 Å². The number of benzene rings is 2. The predicted octanol–water partition coefficient (Wildman–Crippen LogP) is 3.29. The minimum absolute atomic E-state index is 0.0316. The second kappa shape index (κ2) is 12.0. The van der Waals surface area contributed by atoms with Gasteiger partial charge in [0.15, 0.2) is 5.82 Å². The Hall–Kier alpha value is -2.95. The number of methoxy groups -OCH3 is 1. The van der Waals surface area contributed by atoms with Gasteiger partial charge in [-0.2, -0.15) is 0 Å². The molecule has 0 radical (unpaired) electrons. The number of thioether (sulfide) groups is 1. The Bertz CT molecular complexity index is 1060. The van der Waals surface area contributed by atoms with Gasteiger partial charge in [0.2, 0.25) is 11.1 Å². The van der Waals surface area contributed by atoms with Gasteiger partial charge in [-0.25, -0.2) is 9.37 Å². The molecule has 2 N–H and O–H groups in total. The molecule has 1 aliphatic heterocycles. The summed E-state index contributed by atoms with van der Waals surface area (Å²) in [5.41, 5.74) is 1.71. The average molecular weight is 486 g/mol. The van der Waals surface area contributed by atoms with E-state index in [1.54, 1.807) is 19.2 Å². The lowest BCUT2D eigenvalue weighted by molar-refractivity contribution is -0.121.